The second kappa shape index (κ2) is 5.64. The minimum absolute atomic E-state index is 0.271. The highest BCUT2D eigenvalue weighted by Crippen LogP contribution is 2.28. The van der Waals surface area contributed by atoms with Crippen LogP contribution in [-0.2, 0) is 12.4 Å². The van der Waals surface area contributed by atoms with Crippen molar-refractivity contribution in [1.29, 1.82) is 0 Å². The summed E-state index contributed by atoms with van der Waals surface area (Å²) in [6.45, 7) is 0.580. The number of imidazole rings is 1. The van der Waals surface area contributed by atoms with Gasteiger partial charge in [0.1, 0.15) is 11.6 Å². The molecule has 0 fully saturated rings. The number of rotatable bonds is 3. The van der Waals surface area contributed by atoms with Crippen LogP contribution in [0.5, 0.6) is 0 Å². The van der Waals surface area contributed by atoms with E-state index < -0.39 is 0 Å². The Bertz CT molecular complexity index is 784. The quantitative estimate of drug-likeness (QED) is 0.541. The largest absolute Gasteiger partial charge is 0.322 e. The molecule has 7 heteroatoms. The van der Waals surface area contributed by atoms with E-state index in [-0.39, 0.29) is 11.7 Å². The smallest absolute Gasteiger partial charge is 0.139 e. The van der Waals surface area contributed by atoms with Crippen LogP contribution >= 0.6 is 50.5 Å². The maximum Gasteiger partial charge on any atom is 0.139 e. The van der Waals surface area contributed by atoms with Crippen molar-refractivity contribution >= 4 is 61.5 Å². The molecule has 0 atom stereocenters. The fourth-order valence-electron chi connectivity index (χ4n) is 2.04. The number of hydrogen-bond donors (Lipinski definition) is 0. The van der Waals surface area contributed by atoms with Crippen LogP contribution < -0.4 is 0 Å². The van der Waals surface area contributed by atoms with Crippen molar-refractivity contribution in [2.45, 2.75) is 12.4 Å². The normalized spacial score (nSPS) is 11.4. The van der Waals surface area contributed by atoms with Gasteiger partial charge in [0.15, 0.2) is 0 Å². The summed E-state index contributed by atoms with van der Waals surface area (Å²) in [4.78, 5) is 5.52. The first-order valence-electron chi connectivity index (χ1n) is 5.73. The van der Waals surface area contributed by atoms with Gasteiger partial charge in [0.25, 0.3) is 0 Å². The molecule has 0 amide bonds. The number of aromatic nitrogens is 2. The maximum atomic E-state index is 13.7. The van der Waals surface area contributed by atoms with Crippen LogP contribution in [0, 0.1) is 5.82 Å². The van der Waals surface area contributed by atoms with E-state index >= 15 is 0 Å². The van der Waals surface area contributed by atoms with Crippen LogP contribution in [0.2, 0.25) is 4.34 Å². The van der Waals surface area contributed by atoms with Gasteiger partial charge in [0.05, 0.1) is 32.3 Å². The monoisotopic (exact) mass is 392 g/mol. The van der Waals surface area contributed by atoms with Crippen molar-refractivity contribution in [2.75, 3.05) is 0 Å². The zero-order valence-corrected chi connectivity index (χ0v) is 14.0. The van der Waals surface area contributed by atoms with Crippen LogP contribution in [0.4, 0.5) is 4.39 Å². The topological polar surface area (TPSA) is 17.8 Å². The lowest BCUT2D eigenvalue weighted by molar-refractivity contribution is 0.621. The molecule has 0 saturated heterocycles. The molecule has 0 unspecified atom stereocenters. The fourth-order valence-corrected chi connectivity index (χ4v) is 3.65. The van der Waals surface area contributed by atoms with E-state index in [1.807, 2.05) is 16.7 Å². The van der Waals surface area contributed by atoms with Gasteiger partial charge >= 0.3 is 0 Å². The van der Waals surface area contributed by atoms with Gasteiger partial charge in [-0.05, 0) is 34.1 Å². The average molecular weight is 394 g/mol. The molecule has 0 saturated carbocycles. The van der Waals surface area contributed by atoms with Crippen LogP contribution in [0.15, 0.2) is 28.7 Å². The van der Waals surface area contributed by atoms with E-state index in [9.17, 15) is 4.39 Å². The predicted molar refractivity (Wildman–Crippen MR) is 85.4 cm³/mol. The second-order valence-electron chi connectivity index (χ2n) is 4.21. The molecule has 0 bridgehead atoms. The molecule has 0 spiro atoms. The fraction of sp³-hybridized carbons (Fsp3) is 0.154. The van der Waals surface area contributed by atoms with Crippen molar-refractivity contribution < 1.29 is 4.39 Å². The Morgan fingerprint density at radius 1 is 1.35 bits per heavy atom. The first kappa shape index (κ1) is 14.3. The first-order valence-corrected chi connectivity index (χ1v) is 8.25. The Labute approximate surface area is 137 Å². The van der Waals surface area contributed by atoms with Gasteiger partial charge in [-0.1, -0.05) is 11.6 Å². The van der Waals surface area contributed by atoms with Gasteiger partial charge in [-0.15, -0.1) is 22.9 Å². The van der Waals surface area contributed by atoms with E-state index in [0.717, 1.165) is 20.2 Å². The summed E-state index contributed by atoms with van der Waals surface area (Å²) >= 11 is 16.5. The Kier molecular flexibility index (Phi) is 4.04. The average Bonchev–Trinajstić information content (AvgIpc) is 2.96. The van der Waals surface area contributed by atoms with Crippen molar-refractivity contribution in [2.24, 2.45) is 0 Å². The maximum absolute atomic E-state index is 13.7. The van der Waals surface area contributed by atoms with Crippen LogP contribution in [0.1, 0.15) is 10.7 Å². The van der Waals surface area contributed by atoms with E-state index in [1.54, 1.807) is 6.07 Å². The Morgan fingerprint density at radius 3 is 2.80 bits per heavy atom. The second-order valence-corrected chi connectivity index (χ2v) is 7.13. The zero-order chi connectivity index (χ0) is 14.3. The molecule has 0 radical (unpaired) electrons. The number of halogens is 4. The molecular weight excluding hydrogens is 386 g/mol. The molecule has 0 aliphatic heterocycles. The molecule has 104 valence electrons. The number of hydrogen-bond acceptors (Lipinski definition) is 2. The highest BCUT2D eigenvalue weighted by atomic mass is 79.9. The lowest BCUT2D eigenvalue weighted by Gasteiger charge is -2.06. The first-order chi connectivity index (χ1) is 9.58. The molecule has 3 aromatic rings. The summed E-state index contributed by atoms with van der Waals surface area (Å²) in [5, 5.41) is 0. The number of alkyl halides is 1. The van der Waals surface area contributed by atoms with Crippen molar-refractivity contribution in [3.63, 3.8) is 0 Å². The van der Waals surface area contributed by atoms with E-state index in [1.165, 1.54) is 17.4 Å². The Balaban J connectivity index is 2.14. The van der Waals surface area contributed by atoms with E-state index in [0.29, 0.717) is 16.8 Å². The van der Waals surface area contributed by atoms with Crippen LogP contribution in [0.3, 0.4) is 0 Å². The molecule has 3 rings (SSSR count). The molecule has 0 aliphatic carbocycles. The molecule has 2 nitrogen and oxygen atoms in total. The lowest BCUT2D eigenvalue weighted by Crippen LogP contribution is -2.02. The van der Waals surface area contributed by atoms with Gasteiger partial charge < -0.3 is 4.57 Å². The highest BCUT2D eigenvalue weighted by Gasteiger charge is 2.14. The van der Waals surface area contributed by atoms with E-state index in [4.69, 9.17) is 23.2 Å². The van der Waals surface area contributed by atoms with Crippen LogP contribution in [-0.4, -0.2) is 9.55 Å². The van der Waals surface area contributed by atoms with Gasteiger partial charge in [-0.25, -0.2) is 9.37 Å². The molecule has 2 heterocycles. The minimum atomic E-state index is -0.316. The summed E-state index contributed by atoms with van der Waals surface area (Å²) in [7, 11) is 0. The van der Waals surface area contributed by atoms with Gasteiger partial charge in [0, 0.05) is 10.9 Å². The molecule has 0 aliphatic rings. The molecule has 2 aromatic heterocycles. The van der Waals surface area contributed by atoms with Crippen LogP contribution in [0.25, 0.3) is 11.0 Å². The summed E-state index contributed by atoms with van der Waals surface area (Å²) < 4.78 is 16.8. The third-order valence-corrected chi connectivity index (χ3v) is 4.99. The third kappa shape index (κ3) is 2.60. The Hall–Kier alpha value is -0.620. The van der Waals surface area contributed by atoms with Crippen molar-refractivity contribution in [3.8, 4) is 0 Å². The van der Waals surface area contributed by atoms with Crippen molar-refractivity contribution in [1.82, 2.24) is 9.55 Å². The molecule has 20 heavy (non-hydrogen) atoms. The van der Waals surface area contributed by atoms with Crippen molar-refractivity contribution in [3.05, 3.63) is 49.6 Å². The lowest BCUT2D eigenvalue weighted by atomic mass is 10.3. The number of fused-ring (bicyclic) bond motifs is 1. The van der Waals surface area contributed by atoms with Gasteiger partial charge in [-0.2, -0.15) is 0 Å². The minimum Gasteiger partial charge on any atom is -0.322 e. The molecular formula is C13H8BrCl2FN2S. The number of nitrogens with zero attached hydrogens (tertiary/aromatic N) is 2. The Morgan fingerprint density at radius 2 is 2.15 bits per heavy atom. The summed E-state index contributed by atoms with van der Waals surface area (Å²) in [5.41, 5.74) is 1.45. The zero-order valence-electron chi connectivity index (χ0n) is 10.0. The number of thiophene rings is 1. The standard InChI is InChI=1S/C13H8BrCl2FN2S/c14-8-3-10-11(4-9(8)17)19(13(5-15)18-10)6-7-1-2-12(16)20-7/h1-4H,5-6H2. The third-order valence-electron chi connectivity index (χ3n) is 2.93. The van der Waals surface area contributed by atoms with Gasteiger partial charge in [0.2, 0.25) is 0 Å². The molecule has 1 aromatic carbocycles. The molecule has 0 N–H and O–H groups in total. The summed E-state index contributed by atoms with van der Waals surface area (Å²) in [5.74, 6) is 0.667. The van der Waals surface area contributed by atoms with E-state index in [2.05, 4.69) is 20.9 Å². The summed E-state index contributed by atoms with van der Waals surface area (Å²) in [6.07, 6.45) is 0. The SMILES string of the molecule is Fc1cc2c(cc1Br)nc(CCl)n2Cc1ccc(Cl)s1. The van der Waals surface area contributed by atoms with Gasteiger partial charge in [-0.3, -0.25) is 0 Å². The predicted octanol–water partition coefficient (Wildman–Crippen LogP) is 5.44. The number of benzene rings is 1. The highest BCUT2D eigenvalue weighted by molar-refractivity contribution is 9.10. The summed E-state index contributed by atoms with van der Waals surface area (Å²) in [6, 6.07) is 6.93.